The van der Waals surface area contributed by atoms with E-state index in [1.54, 1.807) is 20.9 Å². The van der Waals surface area contributed by atoms with Crippen LogP contribution in [0.5, 0.6) is 0 Å². The van der Waals surface area contributed by atoms with Gasteiger partial charge in [0.25, 0.3) is 0 Å². The average molecular weight is 273 g/mol. The van der Waals surface area contributed by atoms with Crippen molar-refractivity contribution in [2.24, 2.45) is 0 Å². The van der Waals surface area contributed by atoms with E-state index in [4.69, 9.17) is 14.2 Å². The zero-order valence-electron chi connectivity index (χ0n) is 11.4. The third-order valence-electron chi connectivity index (χ3n) is 2.39. The Balaban J connectivity index is 2.15. The maximum atomic E-state index is 11.4. The molecule has 1 atom stereocenters. The monoisotopic (exact) mass is 273 g/mol. The molecule has 0 aromatic carbocycles. The molecule has 1 fully saturated rings. The molecule has 0 saturated carbocycles. The standard InChI is InChI=1S/C12H19NO6/c1-8(2)18-11(15)5-4-10(14)17-7-9-6-13(3)12(16)19-9/h8-9H,4-7H2,1-3H3. The number of rotatable bonds is 6. The van der Waals surface area contributed by atoms with Crippen molar-refractivity contribution in [1.82, 2.24) is 4.90 Å². The number of hydrogen-bond donors (Lipinski definition) is 0. The number of carbonyl (C=O) groups is 3. The van der Waals surface area contributed by atoms with Gasteiger partial charge in [0.05, 0.1) is 25.5 Å². The van der Waals surface area contributed by atoms with Gasteiger partial charge in [-0.25, -0.2) is 4.79 Å². The van der Waals surface area contributed by atoms with Gasteiger partial charge in [0.15, 0.2) is 6.10 Å². The lowest BCUT2D eigenvalue weighted by atomic mass is 10.3. The summed E-state index contributed by atoms with van der Waals surface area (Å²) in [4.78, 5) is 35.0. The fourth-order valence-electron chi connectivity index (χ4n) is 1.52. The van der Waals surface area contributed by atoms with Crippen molar-refractivity contribution in [3.8, 4) is 0 Å². The average Bonchev–Trinajstić information content (AvgIpc) is 2.63. The maximum absolute atomic E-state index is 11.4. The Hall–Kier alpha value is -1.79. The summed E-state index contributed by atoms with van der Waals surface area (Å²) in [6.45, 7) is 3.87. The van der Waals surface area contributed by atoms with E-state index in [-0.39, 0.29) is 25.6 Å². The van der Waals surface area contributed by atoms with E-state index in [1.165, 1.54) is 4.90 Å². The number of nitrogens with zero attached hydrogens (tertiary/aromatic N) is 1. The summed E-state index contributed by atoms with van der Waals surface area (Å²) in [5.74, 6) is -0.940. The second kappa shape index (κ2) is 6.96. The second-order valence-corrected chi connectivity index (χ2v) is 4.61. The third kappa shape index (κ3) is 5.58. The number of amides is 1. The summed E-state index contributed by atoms with van der Waals surface area (Å²) in [5.41, 5.74) is 0. The minimum atomic E-state index is -0.508. The lowest BCUT2D eigenvalue weighted by Gasteiger charge is -2.10. The van der Waals surface area contributed by atoms with Crippen LogP contribution in [-0.4, -0.2) is 55.3 Å². The molecule has 108 valence electrons. The first-order chi connectivity index (χ1) is 8.88. The van der Waals surface area contributed by atoms with Gasteiger partial charge in [-0.3, -0.25) is 9.59 Å². The molecule has 0 aromatic heterocycles. The first-order valence-electron chi connectivity index (χ1n) is 6.15. The second-order valence-electron chi connectivity index (χ2n) is 4.61. The number of cyclic esters (lactones) is 1. The van der Waals surface area contributed by atoms with Crippen molar-refractivity contribution in [2.75, 3.05) is 20.2 Å². The number of likely N-dealkylation sites (N-methyl/N-ethyl adjacent to an activating group) is 1. The highest BCUT2D eigenvalue weighted by Crippen LogP contribution is 2.09. The zero-order chi connectivity index (χ0) is 14.4. The topological polar surface area (TPSA) is 82.1 Å². The van der Waals surface area contributed by atoms with Crippen LogP contribution < -0.4 is 0 Å². The van der Waals surface area contributed by atoms with Gasteiger partial charge < -0.3 is 19.1 Å². The van der Waals surface area contributed by atoms with E-state index in [2.05, 4.69) is 0 Å². The number of ether oxygens (including phenoxy) is 3. The van der Waals surface area contributed by atoms with Crippen molar-refractivity contribution >= 4 is 18.0 Å². The molecule has 19 heavy (non-hydrogen) atoms. The maximum Gasteiger partial charge on any atom is 0.410 e. The van der Waals surface area contributed by atoms with Gasteiger partial charge in [-0.15, -0.1) is 0 Å². The number of carbonyl (C=O) groups excluding carboxylic acids is 3. The molecule has 7 heteroatoms. The first kappa shape index (κ1) is 15.3. The molecule has 1 saturated heterocycles. The minimum absolute atomic E-state index is 0.00808. The molecule has 1 rings (SSSR count). The van der Waals surface area contributed by atoms with E-state index < -0.39 is 24.1 Å². The van der Waals surface area contributed by atoms with Crippen molar-refractivity contribution in [3.63, 3.8) is 0 Å². The van der Waals surface area contributed by atoms with Gasteiger partial charge >= 0.3 is 18.0 Å². The highest BCUT2D eigenvalue weighted by molar-refractivity contribution is 5.77. The van der Waals surface area contributed by atoms with E-state index in [1.807, 2.05) is 0 Å². The SMILES string of the molecule is CC(C)OC(=O)CCC(=O)OCC1CN(C)C(=O)O1. The fourth-order valence-corrected chi connectivity index (χ4v) is 1.52. The smallest absolute Gasteiger partial charge is 0.410 e. The lowest BCUT2D eigenvalue weighted by Crippen LogP contribution is -2.24. The predicted octanol–water partition coefficient (Wildman–Crippen LogP) is 0.712. The Morgan fingerprint density at radius 2 is 2.00 bits per heavy atom. The Morgan fingerprint density at radius 3 is 2.53 bits per heavy atom. The Labute approximate surface area is 111 Å². The summed E-state index contributed by atoms with van der Waals surface area (Å²) >= 11 is 0. The van der Waals surface area contributed by atoms with Crippen molar-refractivity contribution in [2.45, 2.75) is 38.9 Å². The van der Waals surface area contributed by atoms with Crippen LogP contribution in [0, 0.1) is 0 Å². The van der Waals surface area contributed by atoms with Crippen LogP contribution >= 0.6 is 0 Å². The molecule has 0 radical (unpaired) electrons. The normalized spacial score (nSPS) is 18.4. The Morgan fingerprint density at radius 1 is 1.37 bits per heavy atom. The highest BCUT2D eigenvalue weighted by Gasteiger charge is 2.29. The molecule has 1 amide bonds. The zero-order valence-corrected chi connectivity index (χ0v) is 11.4. The minimum Gasteiger partial charge on any atom is -0.463 e. The van der Waals surface area contributed by atoms with E-state index in [9.17, 15) is 14.4 Å². The van der Waals surface area contributed by atoms with Gasteiger partial charge in [0.1, 0.15) is 6.61 Å². The lowest BCUT2D eigenvalue weighted by molar-refractivity contribution is -0.153. The predicted molar refractivity (Wildman–Crippen MR) is 64.3 cm³/mol. The summed E-state index contributed by atoms with van der Waals surface area (Å²) < 4.78 is 14.7. The van der Waals surface area contributed by atoms with Crippen LogP contribution in [0.4, 0.5) is 4.79 Å². The summed E-state index contributed by atoms with van der Waals surface area (Å²) in [7, 11) is 1.60. The third-order valence-corrected chi connectivity index (χ3v) is 2.39. The van der Waals surface area contributed by atoms with Crippen molar-refractivity contribution < 1.29 is 28.6 Å². The molecule has 0 bridgehead atoms. The summed E-state index contributed by atoms with van der Waals surface area (Å²) in [6.07, 6.45) is -1.12. The van der Waals surface area contributed by atoms with Crippen LogP contribution in [0.15, 0.2) is 0 Å². The molecular formula is C12H19NO6. The fraction of sp³-hybridized carbons (Fsp3) is 0.750. The molecule has 0 N–H and O–H groups in total. The largest absolute Gasteiger partial charge is 0.463 e. The molecular weight excluding hydrogens is 254 g/mol. The molecule has 7 nitrogen and oxygen atoms in total. The molecule has 0 spiro atoms. The van der Waals surface area contributed by atoms with Crippen molar-refractivity contribution in [1.29, 1.82) is 0 Å². The molecule has 1 heterocycles. The number of esters is 2. The molecule has 0 aromatic rings. The highest BCUT2D eigenvalue weighted by atomic mass is 16.6. The van der Waals surface area contributed by atoms with Crippen molar-refractivity contribution in [3.05, 3.63) is 0 Å². The van der Waals surface area contributed by atoms with Crippen LogP contribution in [0.1, 0.15) is 26.7 Å². The van der Waals surface area contributed by atoms with E-state index in [0.717, 1.165) is 0 Å². The molecule has 1 unspecified atom stereocenters. The van der Waals surface area contributed by atoms with Crippen LogP contribution in [0.25, 0.3) is 0 Å². The Kier molecular flexibility index (Phi) is 5.59. The van der Waals surface area contributed by atoms with Crippen LogP contribution in [-0.2, 0) is 23.8 Å². The molecule has 0 aliphatic carbocycles. The van der Waals surface area contributed by atoms with Gasteiger partial charge in [0.2, 0.25) is 0 Å². The Bertz CT molecular complexity index is 354. The van der Waals surface area contributed by atoms with E-state index >= 15 is 0 Å². The molecule has 1 aliphatic rings. The number of hydrogen-bond acceptors (Lipinski definition) is 6. The van der Waals surface area contributed by atoms with Crippen LogP contribution in [0.2, 0.25) is 0 Å². The van der Waals surface area contributed by atoms with Gasteiger partial charge in [-0.05, 0) is 13.8 Å². The van der Waals surface area contributed by atoms with Gasteiger partial charge in [-0.1, -0.05) is 0 Å². The van der Waals surface area contributed by atoms with Crippen LogP contribution in [0.3, 0.4) is 0 Å². The summed E-state index contributed by atoms with van der Waals surface area (Å²) in [5, 5.41) is 0. The first-order valence-corrected chi connectivity index (χ1v) is 6.15. The molecule has 1 aliphatic heterocycles. The van der Waals surface area contributed by atoms with E-state index in [0.29, 0.717) is 6.54 Å². The summed E-state index contributed by atoms with van der Waals surface area (Å²) in [6, 6.07) is 0. The van der Waals surface area contributed by atoms with Gasteiger partial charge in [0, 0.05) is 7.05 Å². The quantitative estimate of drug-likeness (QED) is 0.523. The van der Waals surface area contributed by atoms with Gasteiger partial charge in [-0.2, -0.15) is 0 Å².